The van der Waals surface area contributed by atoms with Crippen molar-refractivity contribution < 1.29 is 9.22 Å². The van der Waals surface area contributed by atoms with Gasteiger partial charge in [0.1, 0.15) is 0 Å². The average molecular weight is 401 g/mol. The third-order valence-electron chi connectivity index (χ3n) is 9.60. The lowest BCUT2D eigenvalue weighted by Gasteiger charge is -2.57. The molecule has 0 aliphatic heterocycles. The van der Waals surface area contributed by atoms with Gasteiger partial charge in [0.2, 0.25) is 0 Å². The molecule has 0 heterocycles. The maximum atomic E-state index is 12.5. The first kappa shape index (κ1) is 20.6. The van der Waals surface area contributed by atoms with E-state index in [2.05, 4.69) is 59.9 Å². The van der Waals surface area contributed by atoms with Gasteiger partial charge in [0, 0.05) is 11.5 Å². The second-order valence-corrected chi connectivity index (χ2v) is 16.9. The molecule has 28 heavy (non-hydrogen) atoms. The van der Waals surface area contributed by atoms with Crippen LogP contribution in [0, 0.1) is 28.6 Å². The Labute approximate surface area is 173 Å². The van der Waals surface area contributed by atoms with E-state index in [1.165, 1.54) is 19.3 Å². The summed E-state index contributed by atoms with van der Waals surface area (Å²) in [6.07, 6.45) is 14.1. The Balaban J connectivity index is 1.54. The Morgan fingerprint density at radius 2 is 1.79 bits per heavy atom. The fourth-order valence-corrected chi connectivity index (χ4v) is 7.99. The summed E-state index contributed by atoms with van der Waals surface area (Å²) in [5, 5.41) is 0.273. The predicted molar refractivity (Wildman–Crippen MR) is 119 cm³/mol. The Bertz CT molecular complexity index is 727. The molecule has 6 atom stereocenters. The fourth-order valence-electron chi connectivity index (χ4n) is 6.60. The van der Waals surface area contributed by atoms with E-state index in [1.807, 2.05) is 6.08 Å². The van der Waals surface area contributed by atoms with Crippen molar-refractivity contribution in [2.75, 3.05) is 0 Å². The first-order chi connectivity index (χ1) is 12.9. The Morgan fingerprint density at radius 1 is 1.11 bits per heavy atom. The van der Waals surface area contributed by atoms with Crippen molar-refractivity contribution >= 4 is 14.1 Å². The van der Waals surface area contributed by atoms with Crippen molar-refractivity contribution in [3.63, 3.8) is 0 Å². The fraction of sp³-hybridized carbons (Fsp3) is 0.800. The third-order valence-corrected chi connectivity index (χ3v) is 14.1. The van der Waals surface area contributed by atoms with Gasteiger partial charge in [-0.05, 0) is 85.9 Å². The second kappa shape index (κ2) is 6.41. The van der Waals surface area contributed by atoms with Crippen LogP contribution in [0.5, 0.6) is 0 Å². The predicted octanol–water partition coefficient (Wildman–Crippen LogP) is 6.68. The smallest absolute Gasteiger partial charge is 0.192 e. The van der Waals surface area contributed by atoms with Gasteiger partial charge in [-0.1, -0.05) is 52.3 Å². The van der Waals surface area contributed by atoms with Gasteiger partial charge >= 0.3 is 0 Å². The van der Waals surface area contributed by atoms with Crippen LogP contribution in [-0.2, 0) is 9.22 Å². The topological polar surface area (TPSA) is 26.3 Å². The van der Waals surface area contributed by atoms with Crippen LogP contribution >= 0.6 is 0 Å². The number of ketones is 1. The van der Waals surface area contributed by atoms with E-state index >= 15 is 0 Å². The van der Waals surface area contributed by atoms with Crippen molar-refractivity contribution in [2.24, 2.45) is 28.6 Å². The zero-order valence-corrected chi connectivity index (χ0v) is 20.1. The number of fused-ring (bicyclic) bond motifs is 5. The monoisotopic (exact) mass is 400 g/mol. The van der Waals surface area contributed by atoms with Gasteiger partial charge in [0.15, 0.2) is 14.1 Å². The van der Waals surface area contributed by atoms with Gasteiger partial charge in [-0.25, -0.2) is 0 Å². The first-order valence-corrected chi connectivity index (χ1v) is 14.4. The minimum Gasteiger partial charge on any atom is -0.414 e. The molecule has 0 N–H and O–H groups in total. The summed E-state index contributed by atoms with van der Waals surface area (Å²) >= 11 is 0. The molecule has 156 valence electrons. The van der Waals surface area contributed by atoms with Gasteiger partial charge in [-0.15, -0.1) is 0 Å². The number of carbonyl (C=O) groups is 1. The molecule has 0 saturated heterocycles. The van der Waals surface area contributed by atoms with Crippen LogP contribution in [0.15, 0.2) is 23.8 Å². The van der Waals surface area contributed by atoms with Crippen molar-refractivity contribution in [3.05, 3.63) is 23.8 Å². The second-order valence-electron chi connectivity index (χ2n) is 12.1. The van der Waals surface area contributed by atoms with Crippen LogP contribution in [0.4, 0.5) is 0 Å². The van der Waals surface area contributed by atoms with Crippen LogP contribution in [0.3, 0.4) is 0 Å². The Hall–Kier alpha value is -0.673. The normalized spacial score (nSPS) is 43.2. The Kier molecular flexibility index (Phi) is 4.71. The number of carbonyl (C=O) groups excluding carboxylic acids is 1. The molecular formula is C25H40O2Si. The highest BCUT2D eigenvalue weighted by molar-refractivity contribution is 6.74. The van der Waals surface area contributed by atoms with Crippen molar-refractivity contribution in [2.45, 2.75) is 97.4 Å². The average Bonchev–Trinajstić information content (AvgIpc) is 2.89. The van der Waals surface area contributed by atoms with Crippen molar-refractivity contribution in [3.8, 4) is 0 Å². The molecule has 4 aliphatic rings. The summed E-state index contributed by atoms with van der Waals surface area (Å²) in [6.45, 7) is 16.5. The molecule has 4 rings (SSSR count). The quantitative estimate of drug-likeness (QED) is 0.381. The summed E-state index contributed by atoms with van der Waals surface area (Å²) in [7, 11) is -1.72. The minimum atomic E-state index is -1.72. The van der Waals surface area contributed by atoms with Crippen molar-refractivity contribution in [1.29, 1.82) is 0 Å². The van der Waals surface area contributed by atoms with Gasteiger partial charge in [-0.2, -0.15) is 0 Å². The van der Waals surface area contributed by atoms with E-state index in [1.54, 1.807) is 5.57 Å². The van der Waals surface area contributed by atoms with Crippen molar-refractivity contribution in [1.82, 2.24) is 0 Å². The van der Waals surface area contributed by atoms with E-state index < -0.39 is 8.32 Å². The highest BCUT2D eigenvalue weighted by atomic mass is 28.4. The summed E-state index contributed by atoms with van der Waals surface area (Å²) < 4.78 is 6.81. The third kappa shape index (κ3) is 2.95. The minimum absolute atomic E-state index is 0.120. The highest BCUT2D eigenvalue weighted by Crippen LogP contribution is 2.63. The molecule has 0 spiro atoms. The van der Waals surface area contributed by atoms with E-state index in [4.69, 9.17) is 4.43 Å². The molecular weight excluding hydrogens is 360 g/mol. The summed E-state index contributed by atoms with van der Waals surface area (Å²) in [5.41, 5.74) is 1.86. The van der Waals surface area contributed by atoms with E-state index in [0.29, 0.717) is 29.1 Å². The van der Waals surface area contributed by atoms with Crippen LogP contribution in [-0.4, -0.2) is 20.2 Å². The lowest BCUT2D eigenvalue weighted by Crippen LogP contribution is -2.52. The maximum Gasteiger partial charge on any atom is 0.192 e. The molecule has 2 fully saturated rings. The number of hydrogen-bond acceptors (Lipinski definition) is 2. The SMILES string of the molecule is CC(C)(C)[Si](C)(C)O[C@H]1CC[C@@]2(C)C(=CC[C@@H]3[C@@H]2CC[C@]2(C)C(=O)C=C[C@@H]32)C1. The molecule has 2 nitrogen and oxygen atoms in total. The maximum absolute atomic E-state index is 12.5. The zero-order chi connectivity index (χ0) is 20.5. The number of rotatable bonds is 2. The molecule has 0 unspecified atom stereocenters. The van der Waals surface area contributed by atoms with Crippen LogP contribution in [0.1, 0.15) is 73.1 Å². The molecule has 2 saturated carbocycles. The van der Waals surface area contributed by atoms with Gasteiger partial charge in [0.05, 0.1) is 0 Å². The summed E-state index contributed by atoms with van der Waals surface area (Å²) in [4.78, 5) is 12.5. The number of allylic oxidation sites excluding steroid dienone is 3. The summed E-state index contributed by atoms with van der Waals surface area (Å²) in [6, 6.07) is 0. The van der Waals surface area contributed by atoms with Gasteiger partial charge in [0.25, 0.3) is 0 Å². The molecule has 0 aromatic heterocycles. The standard InChI is InChI=1S/C25H40O2Si/c1-23(2,3)28(6,7)27-18-12-14-24(4)17(16-18)8-9-19-20-10-11-22(26)25(20,5)15-13-21(19)24/h8,10-11,18-21H,9,12-16H2,1-7H3/t18-,19-,20-,21-,24-,25-/m0/s1. The van der Waals surface area contributed by atoms with Gasteiger partial charge < -0.3 is 4.43 Å². The Morgan fingerprint density at radius 3 is 2.46 bits per heavy atom. The molecule has 0 bridgehead atoms. The highest BCUT2D eigenvalue weighted by Gasteiger charge is 2.57. The first-order valence-electron chi connectivity index (χ1n) is 11.5. The molecule has 3 heteroatoms. The van der Waals surface area contributed by atoms with E-state index in [0.717, 1.165) is 25.2 Å². The number of hydrogen-bond donors (Lipinski definition) is 0. The zero-order valence-electron chi connectivity index (χ0n) is 19.1. The van der Waals surface area contributed by atoms with Gasteiger partial charge in [-0.3, -0.25) is 4.79 Å². The molecule has 0 amide bonds. The van der Waals surface area contributed by atoms with E-state index in [9.17, 15) is 4.79 Å². The molecule has 0 radical (unpaired) electrons. The largest absolute Gasteiger partial charge is 0.414 e. The van der Waals surface area contributed by atoms with Crippen LogP contribution in [0.25, 0.3) is 0 Å². The van der Waals surface area contributed by atoms with Crippen LogP contribution in [0.2, 0.25) is 18.1 Å². The lowest BCUT2D eigenvalue weighted by molar-refractivity contribution is -0.129. The molecule has 4 aliphatic carbocycles. The lowest BCUT2D eigenvalue weighted by atomic mass is 9.48. The van der Waals surface area contributed by atoms with Crippen LogP contribution < -0.4 is 0 Å². The summed E-state index contributed by atoms with van der Waals surface area (Å²) in [5.74, 6) is 2.21. The van der Waals surface area contributed by atoms with E-state index in [-0.39, 0.29) is 10.5 Å². The molecule has 0 aromatic carbocycles. The molecule has 0 aromatic rings.